The number of aryl methyl sites for hydroxylation is 2. The second-order valence-corrected chi connectivity index (χ2v) is 7.57. The average Bonchev–Trinajstić information content (AvgIpc) is 2.99. The van der Waals surface area contributed by atoms with E-state index in [4.69, 9.17) is 4.52 Å². The summed E-state index contributed by atoms with van der Waals surface area (Å²) < 4.78 is 18.1. The summed E-state index contributed by atoms with van der Waals surface area (Å²) in [6.45, 7) is 7.34. The molecule has 1 amide bonds. The molecule has 0 radical (unpaired) electrons. The van der Waals surface area contributed by atoms with Crippen molar-refractivity contribution >= 4 is 5.91 Å². The summed E-state index contributed by atoms with van der Waals surface area (Å²) in [6, 6.07) is 6.74. The molecule has 0 saturated carbocycles. The van der Waals surface area contributed by atoms with E-state index in [9.17, 15) is 9.18 Å². The lowest BCUT2D eigenvalue weighted by Gasteiger charge is -2.34. The van der Waals surface area contributed by atoms with Crippen LogP contribution in [0.5, 0.6) is 0 Å². The van der Waals surface area contributed by atoms with Crippen LogP contribution in [0.4, 0.5) is 4.39 Å². The number of aromatic nitrogens is 1. The van der Waals surface area contributed by atoms with E-state index in [2.05, 4.69) is 10.1 Å². The topological polar surface area (TPSA) is 49.6 Å². The number of nitrogens with zero attached hydrogens (tertiary/aromatic N) is 3. The van der Waals surface area contributed by atoms with Gasteiger partial charge in [0, 0.05) is 26.7 Å². The molecular weight excluding hydrogens is 345 g/mol. The molecule has 146 valence electrons. The van der Waals surface area contributed by atoms with E-state index < -0.39 is 0 Å². The number of hydrogen-bond donors (Lipinski definition) is 0. The zero-order valence-corrected chi connectivity index (χ0v) is 16.4. The predicted octanol–water partition coefficient (Wildman–Crippen LogP) is 3.46. The zero-order chi connectivity index (χ0) is 19.4. The fourth-order valence-corrected chi connectivity index (χ4v) is 3.89. The van der Waals surface area contributed by atoms with E-state index in [0.717, 1.165) is 51.0 Å². The lowest BCUT2D eigenvalue weighted by atomic mass is 9.96. The Labute approximate surface area is 160 Å². The van der Waals surface area contributed by atoms with Crippen molar-refractivity contribution in [1.29, 1.82) is 0 Å². The molecule has 0 bridgehead atoms. The highest BCUT2D eigenvalue weighted by Crippen LogP contribution is 2.20. The molecule has 1 aliphatic heterocycles. The minimum Gasteiger partial charge on any atom is -0.361 e. The lowest BCUT2D eigenvalue weighted by molar-refractivity contribution is 0.0728. The van der Waals surface area contributed by atoms with Gasteiger partial charge >= 0.3 is 0 Å². The summed E-state index contributed by atoms with van der Waals surface area (Å²) >= 11 is 0. The summed E-state index contributed by atoms with van der Waals surface area (Å²) in [6.07, 6.45) is 3.19. The van der Waals surface area contributed by atoms with Crippen LogP contribution in [-0.2, 0) is 6.42 Å². The first kappa shape index (κ1) is 19.5. The van der Waals surface area contributed by atoms with E-state index in [0.29, 0.717) is 22.9 Å². The van der Waals surface area contributed by atoms with E-state index in [-0.39, 0.29) is 11.7 Å². The quantitative estimate of drug-likeness (QED) is 0.778. The molecule has 5 nitrogen and oxygen atoms in total. The SMILES string of the molecule is Cc1noc(C)c1C(=O)N(C)C[C@@H]1CCCN(CCc2ccc(F)cc2)C1. The molecule has 2 aromatic rings. The zero-order valence-electron chi connectivity index (χ0n) is 16.4. The standard InChI is InChI=1S/C21H28FN3O2/c1-15-20(16(2)27-23-15)21(26)24(3)13-18-5-4-11-25(14-18)12-10-17-6-8-19(22)9-7-17/h6-9,18H,4-5,10-14H2,1-3H3/t18-/m0/s1. The number of amides is 1. The van der Waals surface area contributed by atoms with E-state index >= 15 is 0 Å². The minimum absolute atomic E-state index is 0.0188. The summed E-state index contributed by atoms with van der Waals surface area (Å²) in [5.74, 6) is 0.827. The molecule has 3 rings (SSSR count). The van der Waals surface area contributed by atoms with Gasteiger partial charge in [0.15, 0.2) is 0 Å². The molecule has 0 aliphatic carbocycles. The van der Waals surface area contributed by atoms with Gasteiger partial charge in [-0.3, -0.25) is 4.79 Å². The number of rotatable bonds is 6. The summed E-state index contributed by atoms with van der Waals surface area (Å²) in [7, 11) is 1.85. The number of likely N-dealkylation sites (tertiary alicyclic amines) is 1. The first-order valence-electron chi connectivity index (χ1n) is 9.59. The Balaban J connectivity index is 1.51. The maximum atomic E-state index is 13.0. The molecule has 0 unspecified atom stereocenters. The van der Waals surface area contributed by atoms with Gasteiger partial charge in [-0.15, -0.1) is 0 Å². The summed E-state index contributed by atoms with van der Waals surface area (Å²) in [5, 5.41) is 3.88. The number of benzene rings is 1. The Kier molecular flexibility index (Phi) is 6.26. The van der Waals surface area contributed by atoms with Gasteiger partial charge in [-0.25, -0.2) is 4.39 Å². The maximum absolute atomic E-state index is 13.0. The third-order valence-electron chi connectivity index (χ3n) is 5.36. The Hall–Kier alpha value is -2.21. The van der Waals surface area contributed by atoms with Crippen molar-refractivity contribution < 1.29 is 13.7 Å². The van der Waals surface area contributed by atoms with Gasteiger partial charge in [0.2, 0.25) is 0 Å². The van der Waals surface area contributed by atoms with Gasteiger partial charge in [0.05, 0.1) is 5.69 Å². The molecule has 1 fully saturated rings. The highest BCUT2D eigenvalue weighted by Gasteiger charge is 2.26. The van der Waals surface area contributed by atoms with Crippen molar-refractivity contribution in [2.45, 2.75) is 33.1 Å². The molecule has 1 aromatic heterocycles. The van der Waals surface area contributed by atoms with Crippen molar-refractivity contribution in [1.82, 2.24) is 15.0 Å². The third kappa shape index (κ3) is 4.95. The number of hydrogen-bond acceptors (Lipinski definition) is 4. The number of piperidine rings is 1. The Morgan fingerprint density at radius 3 is 2.74 bits per heavy atom. The van der Waals surface area contributed by atoms with E-state index in [1.165, 1.54) is 12.1 Å². The molecule has 27 heavy (non-hydrogen) atoms. The van der Waals surface area contributed by atoms with Crippen LogP contribution in [0, 0.1) is 25.6 Å². The fraction of sp³-hybridized carbons (Fsp3) is 0.524. The second-order valence-electron chi connectivity index (χ2n) is 7.57. The predicted molar refractivity (Wildman–Crippen MR) is 102 cm³/mol. The van der Waals surface area contributed by atoms with Crippen LogP contribution in [0.15, 0.2) is 28.8 Å². The van der Waals surface area contributed by atoms with Gasteiger partial charge < -0.3 is 14.3 Å². The van der Waals surface area contributed by atoms with Crippen LogP contribution in [0.2, 0.25) is 0 Å². The Morgan fingerprint density at radius 2 is 2.07 bits per heavy atom. The molecule has 0 spiro atoms. The maximum Gasteiger partial charge on any atom is 0.259 e. The van der Waals surface area contributed by atoms with Gasteiger partial charge in [0.1, 0.15) is 17.1 Å². The second kappa shape index (κ2) is 8.65. The van der Waals surface area contributed by atoms with Gasteiger partial charge in [-0.2, -0.15) is 0 Å². The molecular formula is C21H28FN3O2. The molecule has 2 heterocycles. The van der Waals surface area contributed by atoms with Crippen molar-refractivity contribution in [3.05, 3.63) is 52.7 Å². The molecule has 0 N–H and O–H groups in total. The van der Waals surface area contributed by atoms with Gasteiger partial charge in [-0.1, -0.05) is 17.3 Å². The fourth-order valence-electron chi connectivity index (χ4n) is 3.89. The smallest absolute Gasteiger partial charge is 0.259 e. The molecule has 6 heteroatoms. The Bertz CT molecular complexity index is 753. The monoisotopic (exact) mass is 373 g/mol. The normalized spacial score (nSPS) is 17.9. The third-order valence-corrected chi connectivity index (χ3v) is 5.36. The first-order valence-corrected chi connectivity index (χ1v) is 9.59. The van der Waals surface area contributed by atoms with Crippen LogP contribution >= 0.6 is 0 Å². The van der Waals surface area contributed by atoms with Crippen molar-refractivity contribution in [3.63, 3.8) is 0 Å². The van der Waals surface area contributed by atoms with Crippen LogP contribution in [0.1, 0.15) is 40.2 Å². The van der Waals surface area contributed by atoms with Crippen LogP contribution < -0.4 is 0 Å². The largest absolute Gasteiger partial charge is 0.361 e. The number of carbonyl (C=O) groups is 1. The number of carbonyl (C=O) groups excluding carboxylic acids is 1. The highest BCUT2D eigenvalue weighted by molar-refractivity contribution is 5.95. The number of halogens is 1. The average molecular weight is 373 g/mol. The van der Waals surface area contributed by atoms with Gasteiger partial charge in [-0.05, 0) is 63.3 Å². The highest BCUT2D eigenvalue weighted by atomic mass is 19.1. The van der Waals surface area contributed by atoms with Crippen LogP contribution in [0.3, 0.4) is 0 Å². The van der Waals surface area contributed by atoms with E-state index in [1.807, 2.05) is 19.2 Å². The molecule has 1 atom stereocenters. The van der Waals surface area contributed by atoms with Crippen molar-refractivity contribution in [2.75, 3.05) is 33.2 Å². The summed E-state index contributed by atoms with van der Waals surface area (Å²) in [5.41, 5.74) is 2.39. The van der Waals surface area contributed by atoms with Crippen LogP contribution in [0.25, 0.3) is 0 Å². The lowest BCUT2D eigenvalue weighted by Crippen LogP contribution is -2.42. The van der Waals surface area contributed by atoms with Crippen molar-refractivity contribution in [3.8, 4) is 0 Å². The summed E-state index contributed by atoms with van der Waals surface area (Å²) in [4.78, 5) is 17.0. The molecule has 1 saturated heterocycles. The molecule has 1 aromatic carbocycles. The first-order chi connectivity index (χ1) is 12.9. The van der Waals surface area contributed by atoms with E-state index in [1.54, 1.807) is 18.7 Å². The van der Waals surface area contributed by atoms with Crippen molar-refractivity contribution in [2.24, 2.45) is 5.92 Å². The Morgan fingerprint density at radius 1 is 1.33 bits per heavy atom. The van der Waals surface area contributed by atoms with Gasteiger partial charge in [0.25, 0.3) is 5.91 Å². The molecule has 1 aliphatic rings. The minimum atomic E-state index is -0.192. The van der Waals surface area contributed by atoms with Crippen LogP contribution in [-0.4, -0.2) is 54.1 Å².